The quantitative estimate of drug-likeness (QED) is 0.552. The maximum atomic E-state index is 2.47. The Labute approximate surface area is 74.5 Å². The van der Waals surface area contributed by atoms with E-state index in [1.54, 1.807) is 0 Å². The van der Waals surface area contributed by atoms with Crippen LogP contribution in [-0.4, -0.2) is 36.5 Å². The first kappa shape index (κ1) is 9.40. The summed E-state index contributed by atoms with van der Waals surface area (Å²) in [6.07, 6.45) is 2.77. The highest BCUT2D eigenvalue weighted by molar-refractivity contribution is 7.99. The monoisotopic (exact) mass is 173 g/mol. The van der Waals surface area contributed by atoms with Crippen molar-refractivity contribution in [2.45, 2.75) is 19.8 Å². The second-order valence-electron chi connectivity index (χ2n) is 3.62. The molecule has 2 heteroatoms. The molecule has 0 radical (unpaired) electrons. The molecular formula is C9H19NS. The van der Waals surface area contributed by atoms with Gasteiger partial charge in [-0.15, -0.1) is 0 Å². The summed E-state index contributed by atoms with van der Waals surface area (Å²) in [7, 11) is 2.24. The van der Waals surface area contributed by atoms with Crippen LogP contribution in [-0.2, 0) is 0 Å². The Morgan fingerprint density at radius 3 is 3.00 bits per heavy atom. The average molecular weight is 173 g/mol. The summed E-state index contributed by atoms with van der Waals surface area (Å²) in [6, 6.07) is 0. The minimum atomic E-state index is 0.894. The zero-order valence-electron chi connectivity index (χ0n) is 7.68. The molecule has 1 rings (SSSR count). The Kier molecular flexibility index (Phi) is 4.31. The fraction of sp³-hybridized carbons (Fsp3) is 1.00. The second-order valence-corrected chi connectivity index (χ2v) is 4.85. The molecule has 0 aromatic rings. The van der Waals surface area contributed by atoms with Crippen LogP contribution in [0, 0.1) is 5.92 Å². The zero-order valence-corrected chi connectivity index (χ0v) is 8.49. The molecular weight excluding hydrogens is 154 g/mol. The maximum Gasteiger partial charge on any atom is 0.000427 e. The van der Waals surface area contributed by atoms with Crippen molar-refractivity contribution in [2.24, 2.45) is 5.92 Å². The highest BCUT2D eigenvalue weighted by atomic mass is 32.2. The minimum Gasteiger partial charge on any atom is -0.306 e. The fourth-order valence-corrected chi connectivity index (χ4v) is 2.64. The van der Waals surface area contributed by atoms with Crippen molar-refractivity contribution in [1.82, 2.24) is 4.90 Å². The van der Waals surface area contributed by atoms with Gasteiger partial charge in [-0.3, -0.25) is 0 Å². The molecule has 1 heterocycles. The molecule has 0 spiro atoms. The molecule has 66 valence electrons. The third kappa shape index (κ3) is 4.02. The molecule has 0 aromatic carbocycles. The summed E-state index contributed by atoms with van der Waals surface area (Å²) < 4.78 is 0. The first-order chi connectivity index (χ1) is 5.29. The summed E-state index contributed by atoms with van der Waals surface area (Å²) in [6.45, 7) is 4.94. The number of rotatable bonds is 0. The van der Waals surface area contributed by atoms with E-state index in [1.165, 1.54) is 37.4 Å². The van der Waals surface area contributed by atoms with Crippen molar-refractivity contribution in [3.8, 4) is 0 Å². The largest absolute Gasteiger partial charge is 0.306 e. The van der Waals surface area contributed by atoms with E-state index in [4.69, 9.17) is 0 Å². The predicted molar refractivity (Wildman–Crippen MR) is 53.2 cm³/mol. The van der Waals surface area contributed by atoms with Gasteiger partial charge >= 0.3 is 0 Å². The van der Waals surface area contributed by atoms with Crippen LogP contribution in [0.2, 0.25) is 0 Å². The summed E-state index contributed by atoms with van der Waals surface area (Å²) in [5, 5.41) is 0. The lowest BCUT2D eigenvalue weighted by atomic mass is 10.1. The van der Waals surface area contributed by atoms with Gasteiger partial charge in [0.15, 0.2) is 0 Å². The van der Waals surface area contributed by atoms with E-state index in [0.29, 0.717) is 0 Å². The van der Waals surface area contributed by atoms with Crippen LogP contribution in [0.5, 0.6) is 0 Å². The van der Waals surface area contributed by atoms with E-state index in [0.717, 1.165) is 5.92 Å². The maximum absolute atomic E-state index is 2.47. The van der Waals surface area contributed by atoms with Crippen molar-refractivity contribution in [3.05, 3.63) is 0 Å². The van der Waals surface area contributed by atoms with Crippen LogP contribution in [0.15, 0.2) is 0 Å². The molecule has 1 nitrogen and oxygen atoms in total. The lowest BCUT2D eigenvalue weighted by molar-refractivity contribution is 0.286. The Morgan fingerprint density at radius 1 is 1.36 bits per heavy atom. The molecule has 0 aromatic heterocycles. The van der Waals surface area contributed by atoms with Gasteiger partial charge in [-0.05, 0) is 43.9 Å². The third-order valence-corrected chi connectivity index (χ3v) is 3.31. The molecule has 0 saturated carbocycles. The van der Waals surface area contributed by atoms with E-state index >= 15 is 0 Å². The van der Waals surface area contributed by atoms with Gasteiger partial charge in [0.2, 0.25) is 0 Å². The van der Waals surface area contributed by atoms with E-state index in [1.807, 2.05) is 0 Å². The molecule has 11 heavy (non-hydrogen) atoms. The minimum absolute atomic E-state index is 0.894. The number of hydrogen-bond acceptors (Lipinski definition) is 2. The van der Waals surface area contributed by atoms with E-state index in [2.05, 4.69) is 30.6 Å². The van der Waals surface area contributed by atoms with Crippen LogP contribution in [0.3, 0.4) is 0 Å². The van der Waals surface area contributed by atoms with Gasteiger partial charge in [0.25, 0.3) is 0 Å². The highest BCUT2D eigenvalue weighted by Gasteiger charge is 2.08. The molecule has 1 aliphatic rings. The van der Waals surface area contributed by atoms with E-state index in [9.17, 15) is 0 Å². The van der Waals surface area contributed by atoms with Gasteiger partial charge in [-0.25, -0.2) is 0 Å². The Hall–Kier alpha value is 0.310. The first-order valence-electron chi connectivity index (χ1n) is 4.55. The van der Waals surface area contributed by atoms with Gasteiger partial charge in [0.05, 0.1) is 0 Å². The fourth-order valence-electron chi connectivity index (χ4n) is 1.54. The Balaban J connectivity index is 2.27. The van der Waals surface area contributed by atoms with Gasteiger partial charge in [0.1, 0.15) is 0 Å². The Bertz CT molecular complexity index is 93.7. The van der Waals surface area contributed by atoms with Crippen LogP contribution in [0.4, 0.5) is 0 Å². The molecule has 0 bridgehead atoms. The first-order valence-corrected chi connectivity index (χ1v) is 5.71. The summed E-state index contributed by atoms with van der Waals surface area (Å²) in [5.41, 5.74) is 0. The topological polar surface area (TPSA) is 3.24 Å². The highest BCUT2D eigenvalue weighted by Crippen LogP contribution is 2.14. The van der Waals surface area contributed by atoms with Crippen molar-refractivity contribution in [2.75, 3.05) is 31.6 Å². The summed E-state index contributed by atoms with van der Waals surface area (Å²) >= 11 is 2.12. The van der Waals surface area contributed by atoms with Crippen molar-refractivity contribution >= 4 is 11.8 Å². The third-order valence-electron chi connectivity index (χ3n) is 2.21. The van der Waals surface area contributed by atoms with Crippen LogP contribution < -0.4 is 0 Å². The molecule has 1 aliphatic heterocycles. The second kappa shape index (κ2) is 5.04. The molecule has 0 aliphatic carbocycles. The molecule has 1 unspecified atom stereocenters. The van der Waals surface area contributed by atoms with Crippen LogP contribution in [0.1, 0.15) is 19.8 Å². The van der Waals surface area contributed by atoms with Crippen LogP contribution >= 0.6 is 11.8 Å². The SMILES string of the molecule is CC1CCSCCCN(C)C1. The van der Waals surface area contributed by atoms with Crippen molar-refractivity contribution in [3.63, 3.8) is 0 Å². The number of nitrogens with zero attached hydrogens (tertiary/aromatic N) is 1. The Morgan fingerprint density at radius 2 is 2.18 bits per heavy atom. The summed E-state index contributed by atoms with van der Waals surface area (Å²) in [5.74, 6) is 3.62. The molecule has 0 N–H and O–H groups in total. The molecule has 1 fully saturated rings. The zero-order chi connectivity index (χ0) is 8.10. The van der Waals surface area contributed by atoms with Crippen molar-refractivity contribution < 1.29 is 0 Å². The predicted octanol–water partition coefficient (Wildman–Crippen LogP) is 2.08. The van der Waals surface area contributed by atoms with Gasteiger partial charge in [-0.1, -0.05) is 6.92 Å². The normalized spacial score (nSPS) is 30.5. The van der Waals surface area contributed by atoms with Crippen LogP contribution in [0.25, 0.3) is 0 Å². The average Bonchev–Trinajstić information content (AvgIpc) is 2.02. The van der Waals surface area contributed by atoms with Crippen molar-refractivity contribution in [1.29, 1.82) is 0 Å². The molecule has 1 atom stereocenters. The number of hydrogen-bond donors (Lipinski definition) is 0. The molecule has 0 amide bonds. The van der Waals surface area contributed by atoms with E-state index < -0.39 is 0 Å². The standard InChI is InChI=1S/C9H19NS/c1-9-4-7-11-6-3-5-10(2)8-9/h9H,3-8H2,1-2H3. The van der Waals surface area contributed by atoms with E-state index in [-0.39, 0.29) is 0 Å². The van der Waals surface area contributed by atoms with Gasteiger partial charge in [0, 0.05) is 6.54 Å². The number of thioether (sulfide) groups is 1. The van der Waals surface area contributed by atoms with Gasteiger partial charge in [-0.2, -0.15) is 11.8 Å². The smallest absolute Gasteiger partial charge is 0.000427 e. The summed E-state index contributed by atoms with van der Waals surface area (Å²) in [4.78, 5) is 2.47. The lowest BCUT2D eigenvalue weighted by Crippen LogP contribution is -2.25. The van der Waals surface area contributed by atoms with Gasteiger partial charge < -0.3 is 4.90 Å². The molecule has 1 saturated heterocycles. The lowest BCUT2D eigenvalue weighted by Gasteiger charge is -2.18.